The normalized spacial score (nSPS) is 40.2. The molecule has 0 aromatic heterocycles. The lowest BCUT2D eigenvalue weighted by Crippen LogP contribution is -2.58. The van der Waals surface area contributed by atoms with Gasteiger partial charge in [0.05, 0.1) is 13.2 Å². The number of rotatable bonds is 2. The summed E-state index contributed by atoms with van der Waals surface area (Å²) in [5, 5.41) is 62.3. The van der Waals surface area contributed by atoms with Crippen LogP contribution in [0.25, 0.3) is 0 Å². The van der Waals surface area contributed by atoms with Gasteiger partial charge in [0.15, 0.2) is 0 Å². The average molecular weight is 577 g/mol. The number of aliphatic hydroxyl groups excluding tert-OH is 6. The predicted molar refractivity (Wildman–Crippen MR) is 143 cm³/mol. The van der Waals surface area contributed by atoms with E-state index in [4.69, 9.17) is 18.9 Å². The molecule has 4 aliphatic rings. The summed E-state index contributed by atoms with van der Waals surface area (Å²) in [7, 11) is 0. The zero-order valence-electron chi connectivity index (χ0n) is 21.3. The Morgan fingerprint density at radius 1 is 0.605 bits per heavy atom. The molecular weight excluding hydrogens is 536 g/mol. The van der Waals surface area contributed by atoms with E-state index in [-0.39, 0.29) is 13.2 Å². The SMILES string of the molecule is OC[C@H]1O[C@H]2SCc3ccc(cc3)CS[C@@H]3O[C@H](CO)[C@@H](O)[C@H](OCCCCCCO[C@H]([C@H]2O)[C@@H]1O)[C@H]3O. The standard InChI is InChI=1S/C26H40O10S2/c27-11-17-19(29)23-21(31)25(35-17)37-13-15-5-7-16(8-6-15)14-38-26-22(32)24(20(30)18(12-28)36-26)34-10-4-2-1-3-9-33-23/h5-8,17-32H,1-4,9-14H2/t17-,18-,19-,20-,21-,22-,23+,24+,25+,26+/m1/s1. The van der Waals surface area contributed by atoms with Gasteiger partial charge in [-0.2, -0.15) is 0 Å². The van der Waals surface area contributed by atoms with Crippen molar-refractivity contribution in [2.24, 2.45) is 0 Å². The lowest BCUT2D eigenvalue weighted by Gasteiger charge is -2.42. The number of ether oxygens (including phenoxy) is 4. The van der Waals surface area contributed by atoms with Crippen LogP contribution in [-0.2, 0) is 30.5 Å². The van der Waals surface area contributed by atoms with Crippen LogP contribution in [0.4, 0.5) is 0 Å². The molecule has 0 saturated carbocycles. The van der Waals surface area contributed by atoms with Gasteiger partial charge < -0.3 is 49.6 Å². The summed E-state index contributed by atoms with van der Waals surface area (Å²) in [4.78, 5) is 0. The van der Waals surface area contributed by atoms with Gasteiger partial charge in [0.25, 0.3) is 0 Å². The first-order valence-corrected chi connectivity index (χ1v) is 15.3. The first-order chi connectivity index (χ1) is 18.4. The molecule has 0 amide bonds. The van der Waals surface area contributed by atoms with Crippen LogP contribution >= 0.6 is 23.5 Å². The van der Waals surface area contributed by atoms with Crippen LogP contribution in [0.15, 0.2) is 24.3 Å². The molecule has 10 nitrogen and oxygen atoms in total. The Balaban J connectivity index is 1.45. The zero-order chi connectivity index (χ0) is 27.1. The van der Waals surface area contributed by atoms with E-state index in [0.717, 1.165) is 24.0 Å². The molecular formula is C26H40O10S2. The van der Waals surface area contributed by atoms with E-state index >= 15 is 0 Å². The van der Waals surface area contributed by atoms with Gasteiger partial charge in [-0.25, -0.2) is 0 Å². The summed E-state index contributed by atoms with van der Waals surface area (Å²) in [5.41, 5.74) is 0.713. The molecule has 38 heavy (non-hydrogen) atoms. The van der Waals surface area contributed by atoms with Gasteiger partial charge in [-0.3, -0.25) is 0 Å². The molecule has 0 spiro atoms. The Morgan fingerprint density at radius 2 is 1.00 bits per heavy atom. The molecule has 1 aromatic carbocycles. The summed E-state index contributed by atoms with van der Waals surface area (Å²) < 4.78 is 23.3. The molecule has 0 radical (unpaired) electrons. The van der Waals surface area contributed by atoms with Crippen molar-refractivity contribution in [2.75, 3.05) is 26.4 Å². The quantitative estimate of drug-likeness (QED) is 0.288. The molecule has 6 bridgehead atoms. The number of hydrogen-bond donors (Lipinski definition) is 6. The highest BCUT2D eigenvalue weighted by Gasteiger charge is 2.46. The third-order valence-electron chi connectivity index (χ3n) is 7.15. The first-order valence-electron chi connectivity index (χ1n) is 13.2. The minimum Gasteiger partial charge on any atom is -0.394 e. The first kappa shape index (κ1) is 30.5. The van der Waals surface area contributed by atoms with E-state index in [1.807, 2.05) is 24.3 Å². The number of hydrogen-bond acceptors (Lipinski definition) is 12. The summed E-state index contributed by atoms with van der Waals surface area (Å²) in [5.74, 6) is 1.10. The number of thioether (sulfide) groups is 2. The second-order valence-corrected chi connectivity index (χ2v) is 12.1. The number of fused-ring (bicyclic) bond motifs is 11. The average Bonchev–Trinajstić information content (AvgIpc) is 2.92. The maximum absolute atomic E-state index is 10.9. The van der Waals surface area contributed by atoms with Gasteiger partial charge in [-0.05, 0) is 24.0 Å². The summed E-state index contributed by atoms with van der Waals surface area (Å²) >= 11 is 2.78. The van der Waals surface area contributed by atoms with Crippen LogP contribution in [0, 0.1) is 0 Å². The van der Waals surface area contributed by atoms with Gasteiger partial charge in [0.1, 0.15) is 59.7 Å². The smallest absolute Gasteiger partial charge is 0.132 e. The number of aliphatic hydroxyl groups is 6. The van der Waals surface area contributed by atoms with E-state index in [1.165, 1.54) is 23.5 Å². The van der Waals surface area contributed by atoms with E-state index in [1.54, 1.807) is 0 Å². The van der Waals surface area contributed by atoms with Gasteiger partial charge in [0.2, 0.25) is 0 Å². The van der Waals surface area contributed by atoms with Crippen molar-refractivity contribution in [3.05, 3.63) is 35.4 Å². The van der Waals surface area contributed by atoms with Crippen molar-refractivity contribution in [2.45, 2.75) is 96.9 Å². The molecule has 6 N–H and O–H groups in total. The van der Waals surface area contributed by atoms with Crippen LogP contribution in [0.3, 0.4) is 0 Å². The Hall–Kier alpha value is -0.480. The Bertz CT molecular complexity index is 766. The Morgan fingerprint density at radius 3 is 1.37 bits per heavy atom. The number of benzene rings is 1. The zero-order valence-corrected chi connectivity index (χ0v) is 22.9. The van der Waals surface area contributed by atoms with Crippen molar-refractivity contribution in [1.82, 2.24) is 0 Å². The van der Waals surface area contributed by atoms with Crippen LogP contribution in [-0.4, -0.2) is 117 Å². The third-order valence-corrected chi connectivity index (χ3v) is 9.59. The topological polar surface area (TPSA) is 158 Å². The van der Waals surface area contributed by atoms with Gasteiger partial charge in [-0.15, -0.1) is 23.5 Å². The molecule has 10 atom stereocenters. The monoisotopic (exact) mass is 576 g/mol. The molecule has 4 heterocycles. The van der Waals surface area contributed by atoms with Crippen LogP contribution < -0.4 is 0 Å². The fourth-order valence-electron chi connectivity index (χ4n) is 4.86. The summed E-state index contributed by atoms with van der Waals surface area (Å²) in [6.07, 6.45) is -4.67. The van der Waals surface area contributed by atoms with Gasteiger partial charge >= 0.3 is 0 Å². The minimum absolute atomic E-state index is 0.338. The molecule has 4 aliphatic heterocycles. The second-order valence-electron chi connectivity index (χ2n) is 9.94. The third kappa shape index (κ3) is 7.62. The van der Waals surface area contributed by atoms with Crippen LogP contribution in [0.5, 0.6) is 0 Å². The molecule has 1 aromatic rings. The Labute approximate surface area is 231 Å². The molecule has 5 rings (SSSR count). The van der Waals surface area contributed by atoms with E-state index in [2.05, 4.69) is 0 Å². The van der Waals surface area contributed by atoms with Crippen molar-refractivity contribution < 1.29 is 49.6 Å². The highest BCUT2D eigenvalue weighted by Crippen LogP contribution is 2.34. The van der Waals surface area contributed by atoms with Crippen LogP contribution in [0.2, 0.25) is 0 Å². The maximum atomic E-state index is 10.9. The highest BCUT2D eigenvalue weighted by molar-refractivity contribution is 7.99. The second kappa shape index (κ2) is 14.9. The van der Waals surface area contributed by atoms with Crippen molar-refractivity contribution >= 4 is 23.5 Å². The molecule has 2 saturated heterocycles. The Kier molecular flexibility index (Phi) is 12.0. The summed E-state index contributed by atoms with van der Waals surface area (Å²) in [6, 6.07) is 7.89. The van der Waals surface area contributed by atoms with Gasteiger partial charge in [0, 0.05) is 24.7 Å². The maximum Gasteiger partial charge on any atom is 0.132 e. The van der Waals surface area contributed by atoms with Crippen molar-refractivity contribution in [3.8, 4) is 0 Å². The fraction of sp³-hybridized carbons (Fsp3) is 0.769. The predicted octanol–water partition coefficient (Wildman–Crippen LogP) is 0.375. The van der Waals surface area contributed by atoms with E-state index in [0.29, 0.717) is 37.6 Å². The lowest BCUT2D eigenvalue weighted by molar-refractivity contribution is -0.221. The van der Waals surface area contributed by atoms with E-state index < -0.39 is 59.7 Å². The van der Waals surface area contributed by atoms with Crippen molar-refractivity contribution in [3.63, 3.8) is 0 Å². The van der Waals surface area contributed by atoms with Gasteiger partial charge in [-0.1, -0.05) is 37.1 Å². The van der Waals surface area contributed by atoms with Crippen LogP contribution in [0.1, 0.15) is 36.8 Å². The molecule has 0 aliphatic carbocycles. The van der Waals surface area contributed by atoms with Crippen molar-refractivity contribution in [1.29, 1.82) is 0 Å². The molecule has 12 heteroatoms. The molecule has 0 unspecified atom stereocenters. The highest BCUT2D eigenvalue weighted by atomic mass is 32.2. The molecule has 216 valence electrons. The van der Waals surface area contributed by atoms with E-state index in [9.17, 15) is 30.6 Å². The summed E-state index contributed by atoms with van der Waals surface area (Å²) in [6.45, 7) is -0.0626. The fourth-order valence-corrected chi connectivity index (χ4v) is 7.11. The minimum atomic E-state index is -1.13. The molecule has 2 fully saturated rings. The lowest BCUT2D eigenvalue weighted by atomic mass is 10.00. The largest absolute Gasteiger partial charge is 0.394 e.